The van der Waals surface area contributed by atoms with Crippen LogP contribution in [-0.4, -0.2) is 80.9 Å². The van der Waals surface area contributed by atoms with Crippen molar-refractivity contribution in [3.05, 3.63) is 85.3 Å². The zero-order chi connectivity index (χ0) is 30.9. The Morgan fingerprint density at radius 3 is 2.77 bits per heavy atom. The molecule has 10 nitrogen and oxygen atoms in total. The van der Waals surface area contributed by atoms with E-state index >= 15 is 0 Å². The first kappa shape index (κ1) is 31.2. The minimum absolute atomic E-state index is 0.260. The van der Waals surface area contributed by atoms with Crippen LogP contribution in [0.2, 0.25) is 0 Å². The quantitative estimate of drug-likeness (QED) is 0.235. The molecule has 2 aliphatic rings. The summed E-state index contributed by atoms with van der Waals surface area (Å²) in [5.41, 5.74) is 5.22. The van der Waals surface area contributed by atoms with Gasteiger partial charge in [0.1, 0.15) is 12.1 Å². The zero-order valence-electron chi connectivity index (χ0n) is 26.0. The number of likely N-dealkylation sites (tertiary alicyclic amines) is 1. The van der Waals surface area contributed by atoms with E-state index in [2.05, 4.69) is 67.8 Å². The van der Waals surface area contributed by atoms with Gasteiger partial charge < -0.3 is 20.3 Å². The summed E-state index contributed by atoms with van der Waals surface area (Å²) in [6.45, 7) is 15.6. The molecule has 2 aromatic heterocycles. The van der Waals surface area contributed by atoms with Crippen LogP contribution in [0.15, 0.2) is 85.3 Å². The van der Waals surface area contributed by atoms with Crippen LogP contribution in [0.5, 0.6) is 0 Å². The van der Waals surface area contributed by atoms with Gasteiger partial charge in [0.25, 0.3) is 0 Å². The van der Waals surface area contributed by atoms with Gasteiger partial charge in [0, 0.05) is 68.2 Å². The summed E-state index contributed by atoms with van der Waals surface area (Å²) in [5, 5.41) is 11.9. The van der Waals surface area contributed by atoms with Crippen molar-refractivity contribution < 1.29 is 9.53 Å². The van der Waals surface area contributed by atoms with Crippen LogP contribution >= 0.6 is 0 Å². The molecule has 10 heteroatoms. The molecule has 2 saturated heterocycles. The normalized spacial score (nSPS) is 18.6. The zero-order valence-corrected chi connectivity index (χ0v) is 26.0. The van der Waals surface area contributed by atoms with E-state index in [9.17, 15) is 4.79 Å². The first-order valence-electron chi connectivity index (χ1n) is 15.6. The summed E-state index contributed by atoms with van der Waals surface area (Å²) in [5.74, 6) is 0.381. The minimum atomic E-state index is -0.260. The molecule has 2 fully saturated rings. The SMILES string of the molecule is C=CC(=O)NC(=C\N1CCCC(N2CCOCC2)CC1)/C=C(/Nc1cc(-c2ccc3c(cnn3C)c2)ncn1)C(=C)CCC. The Labute approximate surface area is 260 Å². The van der Waals surface area contributed by atoms with Crippen molar-refractivity contribution in [3.8, 4) is 11.3 Å². The van der Waals surface area contributed by atoms with Crippen molar-refractivity contribution >= 4 is 22.6 Å². The summed E-state index contributed by atoms with van der Waals surface area (Å²) in [6.07, 6.45) is 13.8. The number of nitrogens with one attached hydrogen (secondary N) is 2. The number of anilines is 1. The number of carbonyl (C=O) groups excluding carboxylic acids is 1. The largest absolute Gasteiger partial charge is 0.379 e. The van der Waals surface area contributed by atoms with E-state index in [0.717, 1.165) is 98.5 Å². The van der Waals surface area contributed by atoms with Gasteiger partial charge in [-0.15, -0.1) is 0 Å². The standard InChI is InChI=1S/C34H44N8O2/c1-5-8-25(3)30(39-33-21-31(35-24-36-33)26-10-11-32-27(19-26)22-37-40(32)4)20-28(38-34(43)6-2)23-41-13-7-9-29(12-14-41)42-15-17-44-18-16-42/h6,10-11,19-24,29H,2-3,5,7-9,12-18H2,1,4H3,(H,38,43)(H,35,36,39)/b28-23-,30-20+. The van der Waals surface area contributed by atoms with Crippen molar-refractivity contribution in [2.24, 2.45) is 7.05 Å². The van der Waals surface area contributed by atoms with Gasteiger partial charge in [-0.2, -0.15) is 5.10 Å². The van der Waals surface area contributed by atoms with Crippen molar-refractivity contribution in [3.63, 3.8) is 0 Å². The van der Waals surface area contributed by atoms with Crippen LogP contribution in [0.3, 0.4) is 0 Å². The van der Waals surface area contributed by atoms with E-state index in [1.165, 1.54) is 12.5 Å². The monoisotopic (exact) mass is 596 g/mol. The number of nitrogens with zero attached hydrogens (tertiary/aromatic N) is 6. The number of amides is 1. The third kappa shape index (κ3) is 8.00. The average molecular weight is 597 g/mol. The fourth-order valence-electron chi connectivity index (χ4n) is 5.90. The van der Waals surface area contributed by atoms with Crippen molar-refractivity contribution in [1.82, 2.24) is 34.9 Å². The summed E-state index contributed by atoms with van der Waals surface area (Å²) in [6, 6.07) is 8.66. The number of aryl methyl sites for hydroxylation is 1. The van der Waals surface area contributed by atoms with Crippen LogP contribution in [0.4, 0.5) is 5.82 Å². The van der Waals surface area contributed by atoms with Gasteiger partial charge in [0.05, 0.1) is 36.3 Å². The number of allylic oxidation sites excluding steroid dienone is 2. The Morgan fingerprint density at radius 2 is 1.98 bits per heavy atom. The van der Waals surface area contributed by atoms with Crippen LogP contribution < -0.4 is 10.6 Å². The molecule has 1 atom stereocenters. The molecule has 0 saturated carbocycles. The Balaban J connectivity index is 1.39. The molecule has 4 heterocycles. The number of carbonyl (C=O) groups is 1. The van der Waals surface area contributed by atoms with E-state index in [1.54, 1.807) is 6.33 Å². The average Bonchev–Trinajstić information content (AvgIpc) is 3.25. The number of ether oxygens (including phenoxy) is 1. The molecule has 0 spiro atoms. The van der Waals surface area contributed by atoms with E-state index < -0.39 is 0 Å². The van der Waals surface area contributed by atoms with Gasteiger partial charge in [0.15, 0.2) is 0 Å². The van der Waals surface area contributed by atoms with Gasteiger partial charge in [-0.1, -0.05) is 32.6 Å². The summed E-state index contributed by atoms with van der Waals surface area (Å²) in [7, 11) is 1.93. The van der Waals surface area contributed by atoms with E-state index in [-0.39, 0.29) is 5.91 Å². The number of hydrogen-bond acceptors (Lipinski definition) is 8. The second-order valence-corrected chi connectivity index (χ2v) is 11.4. The number of morpholine rings is 1. The summed E-state index contributed by atoms with van der Waals surface area (Å²) >= 11 is 0. The van der Waals surface area contributed by atoms with Gasteiger partial charge >= 0.3 is 0 Å². The van der Waals surface area contributed by atoms with Gasteiger partial charge in [-0.3, -0.25) is 14.4 Å². The van der Waals surface area contributed by atoms with Crippen LogP contribution in [0.25, 0.3) is 22.2 Å². The molecule has 2 aliphatic heterocycles. The van der Waals surface area contributed by atoms with E-state index in [1.807, 2.05) is 42.2 Å². The Morgan fingerprint density at radius 1 is 1.14 bits per heavy atom. The molecule has 1 unspecified atom stereocenters. The van der Waals surface area contributed by atoms with Crippen molar-refractivity contribution in [2.75, 3.05) is 44.7 Å². The van der Waals surface area contributed by atoms with Crippen molar-refractivity contribution in [2.45, 2.75) is 45.1 Å². The lowest BCUT2D eigenvalue weighted by Crippen LogP contribution is -2.43. The number of aromatic nitrogens is 4. The summed E-state index contributed by atoms with van der Waals surface area (Å²) in [4.78, 5) is 26.4. The molecular formula is C34H44N8O2. The van der Waals surface area contributed by atoms with Gasteiger partial charge in [-0.25, -0.2) is 9.97 Å². The molecule has 5 rings (SSSR count). The molecular weight excluding hydrogens is 552 g/mol. The Bertz CT molecular complexity index is 1540. The highest BCUT2D eigenvalue weighted by molar-refractivity contribution is 5.88. The first-order chi connectivity index (χ1) is 21.4. The summed E-state index contributed by atoms with van der Waals surface area (Å²) < 4.78 is 7.42. The number of rotatable bonds is 11. The van der Waals surface area contributed by atoms with E-state index in [0.29, 0.717) is 17.6 Å². The fraction of sp³-hybridized carbons (Fsp3) is 0.412. The van der Waals surface area contributed by atoms with Crippen molar-refractivity contribution in [1.29, 1.82) is 0 Å². The molecule has 0 aliphatic carbocycles. The molecule has 44 heavy (non-hydrogen) atoms. The molecule has 0 bridgehead atoms. The predicted molar refractivity (Wildman–Crippen MR) is 176 cm³/mol. The highest BCUT2D eigenvalue weighted by Gasteiger charge is 2.23. The smallest absolute Gasteiger partial charge is 0.247 e. The van der Waals surface area contributed by atoms with Gasteiger partial charge in [-0.05, 0) is 55.5 Å². The molecule has 2 N–H and O–H groups in total. The van der Waals surface area contributed by atoms with Crippen LogP contribution in [0.1, 0.15) is 39.0 Å². The molecule has 0 radical (unpaired) electrons. The highest BCUT2D eigenvalue weighted by Crippen LogP contribution is 2.26. The third-order valence-electron chi connectivity index (χ3n) is 8.27. The van der Waals surface area contributed by atoms with Crippen LogP contribution in [0, 0.1) is 0 Å². The molecule has 232 valence electrons. The topological polar surface area (TPSA) is 100 Å². The maximum atomic E-state index is 12.5. The fourth-order valence-corrected chi connectivity index (χ4v) is 5.90. The second kappa shape index (κ2) is 14.9. The number of hydrogen-bond donors (Lipinski definition) is 2. The lowest BCUT2D eigenvalue weighted by Gasteiger charge is -2.34. The maximum absolute atomic E-state index is 12.5. The molecule has 1 amide bonds. The predicted octanol–water partition coefficient (Wildman–Crippen LogP) is 5.01. The minimum Gasteiger partial charge on any atom is -0.379 e. The van der Waals surface area contributed by atoms with Crippen LogP contribution in [-0.2, 0) is 16.6 Å². The lowest BCUT2D eigenvalue weighted by atomic mass is 10.1. The first-order valence-corrected chi connectivity index (χ1v) is 15.6. The number of benzene rings is 1. The van der Waals surface area contributed by atoms with Gasteiger partial charge in [0.2, 0.25) is 5.91 Å². The maximum Gasteiger partial charge on any atom is 0.247 e. The highest BCUT2D eigenvalue weighted by atomic mass is 16.5. The molecule has 1 aromatic carbocycles. The van der Waals surface area contributed by atoms with E-state index in [4.69, 9.17) is 4.74 Å². The Kier molecular flexibility index (Phi) is 10.6. The second-order valence-electron chi connectivity index (χ2n) is 11.4. The Hall–Kier alpha value is -4.28. The molecule has 3 aromatic rings. The number of fused-ring (bicyclic) bond motifs is 1. The lowest BCUT2D eigenvalue weighted by molar-refractivity contribution is -0.115. The third-order valence-corrected chi connectivity index (χ3v) is 8.27.